The van der Waals surface area contributed by atoms with Crippen LogP contribution in [0.1, 0.15) is 5.69 Å². The third kappa shape index (κ3) is 4.70. The van der Waals surface area contributed by atoms with E-state index in [9.17, 15) is 8.42 Å². The Labute approximate surface area is 146 Å². The van der Waals surface area contributed by atoms with Gasteiger partial charge in [-0.15, -0.1) is 11.8 Å². The Morgan fingerprint density at radius 3 is 2.88 bits per heavy atom. The smallest absolute Gasteiger partial charge is 0.208 e. The van der Waals surface area contributed by atoms with Crippen LogP contribution in [0, 0.1) is 0 Å². The van der Waals surface area contributed by atoms with E-state index in [1.807, 2.05) is 24.4 Å². The molecule has 0 aliphatic carbocycles. The maximum atomic E-state index is 11.1. The summed E-state index contributed by atoms with van der Waals surface area (Å²) in [5.41, 5.74) is 2.06. The SMILES string of the molecule is CS(=O)(=O)NCCSc1cccc2ncc(CN3CCOCC3)n12. The van der Waals surface area contributed by atoms with Gasteiger partial charge in [0.15, 0.2) is 0 Å². The molecule has 1 aliphatic rings. The maximum absolute atomic E-state index is 11.1. The molecule has 0 bridgehead atoms. The van der Waals surface area contributed by atoms with Crippen molar-refractivity contribution in [1.29, 1.82) is 0 Å². The van der Waals surface area contributed by atoms with Gasteiger partial charge in [-0.2, -0.15) is 0 Å². The van der Waals surface area contributed by atoms with Gasteiger partial charge < -0.3 is 4.74 Å². The summed E-state index contributed by atoms with van der Waals surface area (Å²) in [6, 6.07) is 6.01. The first-order chi connectivity index (χ1) is 11.5. The Kier molecular flexibility index (Phi) is 5.77. The first-order valence-corrected chi connectivity index (χ1v) is 10.7. The van der Waals surface area contributed by atoms with Crippen LogP contribution >= 0.6 is 11.8 Å². The fourth-order valence-electron chi connectivity index (χ4n) is 2.66. The Balaban J connectivity index is 1.71. The summed E-state index contributed by atoms with van der Waals surface area (Å²) in [6.45, 7) is 4.66. The van der Waals surface area contributed by atoms with Crippen LogP contribution in [0.3, 0.4) is 0 Å². The van der Waals surface area contributed by atoms with Crippen LogP contribution in [0.15, 0.2) is 29.4 Å². The number of thioether (sulfide) groups is 1. The molecule has 1 N–H and O–H groups in total. The Morgan fingerprint density at radius 1 is 1.33 bits per heavy atom. The average Bonchev–Trinajstić information content (AvgIpc) is 2.95. The van der Waals surface area contributed by atoms with Crippen molar-refractivity contribution in [2.75, 3.05) is 44.9 Å². The summed E-state index contributed by atoms with van der Waals surface area (Å²) in [4.78, 5) is 6.85. The van der Waals surface area contributed by atoms with Gasteiger partial charge in [-0.05, 0) is 12.1 Å². The fraction of sp³-hybridized carbons (Fsp3) is 0.533. The number of aromatic nitrogens is 2. The highest BCUT2D eigenvalue weighted by molar-refractivity contribution is 7.99. The van der Waals surface area contributed by atoms with E-state index in [-0.39, 0.29) is 0 Å². The number of hydrogen-bond acceptors (Lipinski definition) is 6. The van der Waals surface area contributed by atoms with Crippen molar-refractivity contribution in [2.24, 2.45) is 0 Å². The number of fused-ring (bicyclic) bond motifs is 1. The van der Waals surface area contributed by atoms with Crippen LogP contribution in [0.25, 0.3) is 5.65 Å². The Bertz CT molecular complexity index is 785. The van der Waals surface area contributed by atoms with E-state index < -0.39 is 10.0 Å². The molecule has 0 radical (unpaired) electrons. The minimum absolute atomic E-state index is 0.410. The molecule has 1 aliphatic heterocycles. The second-order valence-electron chi connectivity index (χ2n) is 5.71. The first kappa shape index (κ1) is 17.7. The number of pyridine rings is 1. The van der Waals surface area contributed by atoms with Crippen molar-refractivity contribution >= 4 is 27.4 Å². The van der Waals surface area contributed by atoms with Gasteiger partial charge in [0.2, 0.25) is 10.0 Å². The molecule has 0 atom stereocenters. The van der Waals surface area contributed by atoms with Crippen molar-refractivity contribution < 1.29 is 13.2 Å². The molecular formula is C15H22N4O3S2. The van der Waals surface area contributed by atoms with E-state index >= 15 is 0 Å². The van der Waals surface area contributed by atoms with Crippen LogP contribution in [-0.4, -0.2) is 67.6 Å². The standard InChI is InChI=1S/C15H22N4O3S2/c1-24(20,21)17-5-10-23-15-4-2-3-14-16-11-13(19(14)15)12-18-6-8-22-9-7-18/h2-4,11,17H,5-10,12H2,1H3. The predicted octanol–water partition coefficient (Wildman–Crippen LogP) is 0.808. The highest BCUT2D eigenvalue weighted by atomic mass is 32.2. The van der Waals surface area contributed by atoms with Crippen LogP contribution < -0.4 is 4.72 Å². The Hall–Kier alpha value is -1.13. The van der Waals surface area contributed by atoms with Gasteiger partial charge in [-0.25, -0.2) is 18.1 Å². The molecule has 0 unspecified atom stereocenters. The van der Waals surface area contributed by atoms with E-state index in [0.717, 1.165) is 49.2 Å². The minimum atomic E-state index is -3.14. The summed E-state index contributed by atoms with van der Waals surface area (Å²) >= 11 is 1.62. The number of rotatable bonds is 7. The molecule has 0 spiro atoms. The summed E-state index contributed by atoms with van der Waals surface area (Å²) in [5, 5.41) is 1.07. The number of ether oxygens (including phenoxy) is 1. The van der Waals surface area contributed by atoms with Crippen LogP contribution in [0.4, 0.5) is 0 Å². The zero-order chi connectivity index (χ0) is 17.0. The molecule has 1 saturated heterocycles. The lowest BCUT2D eigenvalue weighted by molar-refractivity contribution is 0.0335. The van der Waals surface area contributed by atoms with Crippen molar-refractivity contribution in [3.05, 3.63) is 30.1 Å². The lowest BCUT2D eigenvalue weighted by atomic mass is 10.3. The van der Waals surface area contributed by atoms with Gasteiger partial charge in [0, 0.05) is 31.9 Å². The lowest BCUT2D eigenvalue weighted by Crippen LogP contribution is -2.36. The number of sulfonamides is 1. The molecule has 1 fully saturated rings. The number of nitrogens with one attached hydrogen (secondary N) is 1. The second-order valence-corrected chi connectivity index (χ2v) is 8.66. The summed E-state index contributed by atoms with van der Waals surface area (Å²) in [5.74, 6) is 0.668. The molecular weight excluding hydrogens is 348 g/mol. The topological polar surface area (TPSA) is 75.9 Å². The highest BCUT2D eigenvalue weighted by Crippen LogP contribution is 2.22. The van der Waals surface area contributed by atoms with Gasteiger partial charge >= 0.3 is 0 Å². The first-order valence-electron chi connectivity index (χ1n) is 7.86. The molecule has 0 amide bonds. The van der Waals surface area contributed by atoms with Gasteiger partial charge in [-0.3, -0.25) is 9.30 Å². The Morgan fingerprint density at radius 2 is 2.12 bits per heavy atom. The van der Waals surface area contributed by atoms with Crippen LogP contribution in [-0.2, 0) is 21.3 Å². The molecule has 0 saturated carbocycles. The molecule has 2 aromatic rings. The van der Waals surface area contributed by atoms with Gasteiger partial charge in [0.05, 0.1) is 36.4 Å². The molecule has 2 aromatic heterocycles. The third-order valence-electron chi connectivity index (χ3n) is 3.77. The van der Waals surface area contributed by atoms with E-state index in [1.54, 1.807) is 11.8 Å². The van der Waals surface area contributed by atoms with Crippen molar-refractivity contribution in [2.45, 2.75) is 11.6 Å². The van der Waals surface area contributed by atoms with Gasteiger partial charge in [-0.1, -0.05) is 6.07 Å². The quantitative estimate of drug-likeness (QED) is 0.574. The predicted molar refractivity (Wildman–Crippen MR) is 94.9 cm³/mol. The summed E-state index contributed by atoms with van der Waals surface area (Å²) < 4.78 is 32.3. The van der Waals surface area contributed by atoms with Crippen LogP contribution in [0.2, 0.25) is 0 Å². The summed E-state index contributed by atoms with van der Waals surface area (Å²) in [6.07, 6.45) is 3.10. The third-order valence-corrected chi connectivity index (χ3v) is 5.52. The zero-order valence-corrected chi connectivity index (χ0v) is 15.3. The van der Waals surface area contributed by atoms with E-state index in [0.29, 0.717) is 12.3 Å². The van der Waals surface area contributed by atoms with E-state index in [4.69, 9.17) is 4.74 Å². The molecule has 9 heteroatoms. The van der Waals surface area contributed by atoms with Crippen LogP contribution in [0.5, 0.6) is 0 Å². The average molecular weight is 371 g/mol. The molecule has 132 valence electrons. The normalized spacial score (nSPS) is 16.7. The molecule has 0 aromatic carbocycles. The van der Waals surface area contributed by atoms with Crippen molar-refractivity contribution in [3.63, 3.8) is 0 Å². The number of hydrogen-bond donors (Lipinski definition) is 1. The molecule has 24 heavy (non-hydrogen) atoms. The molecule has 7 nitrogen and oxygen atoms in total. The fourth-order valence-corrected chi connectivity index (χ4v) is 4.19. The molecule has 3 rings (SSSR count). The van der Waals surface area contributed by atoms with Gasteiger partial charge in [0.25, 0.3) is 0 Å². The maximum Gasteiger partial charge on any atom is 0.208 e. The monoisotopic (exact) mass is 370 g/mol. The van der Waals surface area contributed by atoms with Crippen molar-refractivity contribution in [3.8, 4) is 0 Å². The van der Waals surface area contributed by atoms with Crippen molar-refractivity contribution in [1.82, 2.24) is 19.0 Å². The molecule has 3 heterocycles. The largest absolute Gasteiger partial charge is 0.379 e. The lowest BCUT2D eigenvalue weighted by Gasteiger charge is -2.26. The van der Waals surface area contributed by atoms with E-state index in [2.05, 4.69) is 19.0 Å². The minimum Gasteiger partial charge on any atom is -0.379 e. The second kappa shape index (κ2) is 7.83. The number of morpholine rings is 1. The van der Waals surface area contributed by atoms with E-state index in [1.165, 1.54) is 6.26 Å². The summed E-state index contributed by atoms with van der Waals surface area (Å²) in [7, 11) is -3.14. The zero-order valence-electron chi connectivity index (χ0n) is 13.6. The number of nitrogens with zero attached hydrogens (tertiary/aromatic N) is 3. The van der Waals surface area contributed by atoms with Gasteiger partial charge in [0.1, 0.15) is 5.65 Å². The highest BCUT2D eigenvalue weighted by Gasteiger charge is 2.15. The number of imidazole rings is 1.